The van der Waals surface area contributed by atoms with Gasteiger partial charge in [0.05, 0.1) is 6.20 Å². The monoisotopic (exact) mass is 298 g/mol. The van der Waals surface area contributed by atoms with Crippen LogP contribution in [0.4, 0.5) is 0 Å². The van der Waals surface area contributed by atoms with Gasteiger partial charge in [0.15, 0.2) is 5.69 Å². The number of carbonyl (C=O) groups is 1. The van der Waals surface area contributed by atoms with Crippen molar-refractivity contribution in [2.75, 3.05) is 13.1 Å². The van der Waals surface area contributed by atoms with Gasteiger partial charge in [-0.2, -0.15) is 15.4 Å². The van der Waals surface area contributed by atoms with Gasteiger partial charge in [0.25, 0.3) is 5.91 Å². The number of rotatable bonds is 4. The highest BCUT2D eigenvalue weighted by atomic mass is 16.2. The van der Waals surface area contributed by atoms with E-state index in [1.54, 1.807) is 0 Å². The summed E-state index contributed by atoms with van der Waals surface area (Å²) in [5.74, 6) is 0.702. The van der Waals surface area contributed by atoms with Crippen molar-refractivity contribution >= 4 is 5.91 Å². The summed E-state index contributed by atoms with van der Waals surface area (Å²) in [4.78, 5) is 14.1. The van der Waals surface area contributed by atoms with Crippen LogP contribution in [0.3, 0.4) is 0 Å². The molecular weight excluding hydrogens is 276 g/mol. The number of amides is 1. The molecule has 1 amide bonds. The van der Waals surface area contributed by atoms with Gasteiger partial charge in [0.2, 0.25) is 0 Å². The van der Waals surface area contributed by atoms with Gasteiger partial charge in [-0.25, -0.2) is 0 Å². The standard InChI is InChI=1S/C17H22N4O/c1-13-2-4-14(5-3-13)6-7-15-8-10-21(11-9-15)17(22)16-12-18-20-19-16/h2-5,12,15H,6-11H2,1H3,(H,18,19,20). The number of nitrogens with one attached hydrogen (secondary N) is 1. The molecule has 1 aromatic heterocycles. The van der Waals surface area contributed by atoms with E-state index in [9.17, 15) is 4.79 Å². The Hall–Kier alpha value is -2.17. The molecule has 1 N–H and O–H groups in total. The number of aromatic amines is 1. The van der Waals surface area contributed by atoms with Crippen molar-refractivity contribution in [3.8, 4) is 0 Å². The van der Waals surface area contributed by atoms with E-state index in [4.69, 9.17) is 0 Å². The fourth-order valence-corrected chi connectivity index (χ4v) is 3.02. The van der Waals surface area contributed by atoms with Gasteiger partial charge in [-0.3, -0.25) is 4.79 Å². The van der Waals surface area contributed by atoms with Crippen LogP contribution in [0.1, 0.15) is 40.9 Å². The molecule has 0 aliphatic carbocycles. The number of carbonyl (C=O) groups excluding carboxylic acids is 1. The van der Waals surface area contributed by atoms with Gasteiger partial charge in [-0.05, 0) is 44.1 Å². The van der Waals surface area contributed by atoms with Crippen molar-refractivity contribution in [1.29, 1.82) is 0 Å². The van der Waals surface area contributed by atoms with Gasteiger partial charge in [0.1, 0.15) is 0 Å². The second-order valence-electron chi connectivity index (χ2n) is 6.12. The third-order valence-electron chi connectivity index (χ3n) is 4.50. The number of piperidine rings is 1. The first-order valence-corrected chi connectivity index (χ1v) is 7.93. The molecule has 3 rings (SSSR count). The molecule has 5 nitrogen and oxygen atoms in total. The summed E-state index contributed by atoms with van der Waals surface area (Å²) in [6, 6.07) is 8.79. The Morgan fingerprint density at radius 1 is 1.27 bits per heavy atom. The van der Waals surface area contributed by atoms with Gasteiger partial charge in [0, 0.05) is 13.1 Å². The Bertz CT molecular complexity index is 598. The van der Waals surface area contributed by atoms with E-state index in [0.717, 1.165) is 32.4 Å². The number of nitrogens with zero attached hydrogens (tertiary/aromatic N) is 3. The molecule has 0 spiro atoms. The molecule has 1 aromatic carbocycles. The van der Waals surface area contributed by atoms with E-state index in [2.05, 4.69) is 46.6 Å². The van der Waals surface area contributed by atoms with Crippen LogP contribution in [0.25, 0.3) is 0 Å². The topological polar surface area (TPSA) is 61.9 Å². The minimum absolute atomic E-state index is 0.00858. The highest BCUT2D eigenvalue weighted by molar-refractivity contribution is 5.91. The lowest BCUT2D eigenvalue weighted by Crippen LogP contribution is -2.38. The van der Waals surface area contributed by atoms with Crippen LogP contribution in [0.15, 0.2) is 30.5 Å². The summed E-state index contributed by atoms with van der Waals surface area (Å²) in [7, 11) is 0. The van der Waals surface area contributed by atoms with Gasteiger partial charge in [-0.1, -0.05) is 29.8 Å². The quantitative estimate of drug-likeness (QED) is 0.943. The summed E-state index contributed by atoms with van der Waals surface area (Å²) >= 11 is 0. The maximum Gasteiger partial charge on any atom is 0.276 e. The molecule has 0 saturated carbocycles. The SMILES string of the molecule is Cc1ccc(CCC2CCN(C(=O)c3cn[nH]n3)CC2)cc1. The molecule has 116 valence electrons. The highest BCUT2D eigenvalue weighted by Gasteiger charge is 2.24. The maximum atomic E-state index is 12.2. The Kier molecular flexibility index (Phi) is 4.51. The molecule has 1 fully saturated rings. The first-order valence-electron chi connectivity index (χ1n) is 7.93. The zero-order chi connectivity index (χ0) is 15.4. The molecule has 0 atom stereocenters. The minimum atomic E-state index is -0.00858. The van der Waals surface area contributed by atoms with Crippen molar-refractivity contribution in [3.05, 3.63) is 47.3 Å². The van der Waals surface area contributed by atoms with E-state index in [-0.39, 0.29) is 5.91 Å². The number of likely N-dealkylation sites (tertiary alicyclic amines) is 1. The fourth-order valence-electron chi connectivity index (χ4n) is 3.02. The largest absolute Gasteiger partial charge is 0.337 e. The highest BCUT2D eigenvalue weighted by Crippen LogP contribution is 2.23. The van der Waals surface area contributed by atoms with E-state index >= 15 is 0 Å². The Morgan fingerprint density at radius 3 is 2.64 bits per heavy atom. The summed E-state index contributed by atoms with van der Waals surface area (Å²) in [5.41, 5.74) is 3.13. The van der Waals surface area contributed by atoms with Crippen LogP contribution in [0, 0.1) is 12.8 Å². The summed E-state index contributed by atoms with van der Waals surface area (Å²) in [5, 5.41) is 10.1. The summed E-state index contributed by atoms with van der Waals surface area (Å²) in [6.45, 7) is 3.76. The predicted molar refractivity (Wildman–Crippen MR) is 84.5 cm³/mol. The molecule has 22 heavy (non-hydrogen) atoms. The summed E-state index contributed by atoms with van der Waals surface area (Å²) < 4.78 is 0. The third kappa shape index (κ3) is 3.53. The lowest BCUT2D eigenvalue weighted by Gasteiger charge is -2.31. The van der Waals surface area contributed by atoms with Crippen molar-refractivity contribution in [1.82, 2.24) is 20.3 Å². The molecule has 0 bridgehead atoms. The third-order valence-corrected chi connectivity index (χ3v) is 4.50. The molecule has 1 aliphatic heterocycles. The van der Waals surface area contributed by atoms with E-state index < -0.39 is 0 Å². The fraction of sp³-hybridized carbons (Fsp3) is 0.471. The number of aryl methyl sites for hydroxylation is 2. The summed E-state index contributed by atoms with van der Waals surface area (Å²) in [6.07, 6.45) is 5.98. The van der Waals surface area contributed by atoms with Gasteiger partial charge in [-0.15, -0.1) is 0 Å². The molecule has 2 heterocycles. The first kappa shape index (κ1) is 14.8. The number of aromatic nitrogens is 3. The molecule has 1 saturated heterocycles. The van der Waals surface area contributed by atoms with Crippen LogP contribution in [0.5, 0.6) is 0 Å². The van der Waals surface area contributed by atoms with Crippen molar-refractivity contribution in [3.63, 3.8) is 0 Å². The number of H-pyrrole nitrogens is 1. The van der Waals surface area contributed by atoms with Crippen molar-refractivity contribution in [2.24, 2.45) is 5.92 Å². The first-order chi connectivity index (χ1) is 10.7. The predicted octanol–water partition coefficient (Wildman–Crippen LogP) is 2.60. The van der Waals surface area contributed by atoms with Crippen LogP contribution in [-0.4, -0.2) is 39.3 Å². The van der Waals surface area contributed by atoms with Crippen LogP contribution in [0.2, 0.25) is 0 Å². The second-order valence-corrected chi connectivity index (χ2v) is 6.12. The van der Waals surface area contributed by atoms with Gasteiger partial charge >= 0.3 is 0 Å². The molecule has 5 heteroatoms. The normalized spacial score (nSPS) is 16.0. The van der Waals surface area contributed by atoms with E-state index in [1.807, 2.05) is 4.90 Å². The zero-order valence-electron chi connectivity index (χ0n) is 13.0. The van der Waals surface area contributed by atoms with E-state index in [1.165, 1.54) is 23.7 Å². The van der Waals surface area contributed by atoms with Gasteiger partial charge < -0.3 is 4.90 Å². The van der Waals surface area contributed by atoms with Crippen molar-refractivity contribution < 1.29 is 4.79 Å². The smallest absolute Gasteiger partial charge is 0.276 e. The average Bonchev–Trinajstić information content (AvgIpc) is 3.09. The lowest BCUT2D eigenvalue weighted by atomic mass is 9.90. The second kappa shape index (κ2) is 6.73. The molecule has 2 aromatic rings. The average molecular weight is 298 g/mol. The van der Waals surface area contributed by atoms with E-state index in [0.29, 0.717) is 11.6 Å². The molecule has 0 unspecified atom stereocenters. The van der Waals surface area contributed by atoms with Crippen LogP contribution >= 0.6 is 0 Å². The molecule has 0 radical (unpaired) electrons. The van der Waals surface area contributed by atoms with Crippen LogP contribution in [-0.2, 0) is 6.42 Å². The Morgan fingerprint density at radius 2 is 2.00 bits per heavy atom. The minimum Gasteiger partial charge on any atom is -0.337 e. The number of hydrogen-bond donors (Lipinski definition) is 1. The molecule has 1 aliphatic rings. The maximum absolute atomic E-state index is 12.2. The Balaban J connectivity index is 1.45. The zero-order valence-corrected chi connectivity index (χ0v) is 13.0. The Labute approximate surface area is 130 Å². The lowest BCUT2D eigenvalue weighted by molar-refractivity contribution is 0.0681. The number of benzene rings is 1. The molecular formula is C17H22N4O. The van der Waals surface area contributed by atoms with Crippen molar-refractivity contribution in [2.45, 2.75) is 32.6 Å². The number of hydrogen-bond acceptors (Lipinski definition) is 3. The van der Waals surface area contributed by atoms with Crippen LogP contribution < -0.4 is 0 Å².